The SMILES string of the molecule is COc1ccccc1-c1nc2c3c(ncn2n1)Oc1cc(O)ccc1C3c1ccco1. The average molecular weight is 412 g/mol. The zero-order valence-corrected chi connectivity index (χ0v) is 16.4. The summed E-state index contributed by atoms with van der Waals surface area (Å²) in [4.78, 5) is 9.29. The molecule has 0 aliphatic carbocycles. The van der Waals surface area contributed by atoms with Crippen LogP contribution in [0.1, 0.15) is 22.8 Å². The summed E-state index contributed by atoms with van der Waals surface area (Å²) < 4.78 is 18.9. The smallest absolute Gasteiger partial charge is 0.228 e. The molecule has 8 heteroatoms. The Labute approximate surface area is 176 Å². The molecular formula is C23H16N4O4. The Morgan fingerprint density at radius 1 is 1.10 bits per heavy atom. The lowest BCUT2D eigenvalue weighted by molar-refractivity contribution is 0.409. The first kappa shape index (κ1) is 17.5. The van der Waals surface area contributed by atoms with Crippen molar-refractivity contribution in [3.05, 3.63) is 84.1 Å². The van der Waals surface area contributed by atoms with Gasteiger partial charge in [-0.1, -0.05) is 18.2 Å². The molecule has 0 fully saturated rings. The normalized spacial score (nSPS) is 14.7. The molecule has 31 heavy (non-hydrogen) atoms. The van der Waals surface area contributed by atoms with E-state index in [1.165, 1.54) is 0 Å². The van der Waals surface area contributed by atoms with Crippen LogP contribution in [0, 0.1) is 0 Å². The van der Waals surface area contributed by atoms with Crippen molar-refractivity contribution < 1.29 is 19.0 Å². The molecule has 0 saturated carbocycles. The highest BCUT2D eigenvalue weighted by Gasteiger charge is 2.35. The molecule has 0 amide bonds. The van der Waals surface area contributed by atoms with Crippen LogP contribution in [-0.2, 0) is 0 Å². The zero-order chi connectivity index (χ0) is 20.9. The number of benzene rings is 2. The third-order valence-electron chi connectivity index (χ3n) is 5.37. The fourth-order valence-corrected chi connectivity index (χ4v) is 4.00. The number of hydrogen-bond donors (Lipinski definition) is 1. The maximum absolute atomic E-state index is 9.94. The molecule has 1 aliphatic rings. The second-order valence-corrected chi connectivity index (χ2v) is 7.14. The van der Waals surface area contributed by atoms with Crippen molar-refractivity contribution in [1.29, 1.82) is 0 Å². The van der Waals surface area contributed by atoms with Gasteiger partial charge in [-0.15, -0.1) is 5.10 Å². The van der Waals surface area contributed by atoms with E-state index in [-0.39, 0.29) is 11.7 Å². The number of aromatic hydroxyl groups is 1. The van der Waals surface area contributed by atoms with Gasteiger partial charge in [-0.3, -0.25) is 0 Å². The molecule has 152 valence electrons. The van der Waals surface area contributed by atoms with Gasteiger partial charge in [-0.2, -0.15) is 0 Å². The van der Waals surface area contributed by atoms with E-state index in [9.17, 15) is 5.11 Å². The standard InChI is InChI=1S/C23H16N4O4/c1-29-16-6-3-2-5-15(16)21-25-22-20-19(17-7-4-10-30-17)14-9-8-13(28)11-18(14)31-23(20)24-12-27(22)26-21/h2-12,19,28H,1H3. The molecule has 5 aromatic rings. The molecule has 0 saturated heterocycles. The van der Waals surface area contributed by atoms with E-state index < -0.39 is 0 Å². The molecule has 0 radical (unpaired) electrons. The topological polar surface area (TPSA) is 94.9 Å². The predicted molar refractivity (Wildman–Crippen MR) is 111 cm³/mol. The van der Waals surface area contributed by atoms with Crippen LogP contribution in [0.5, 0.6) is 23.1 Å². The molecule has 1 aliphatic heterocycles. The van der Waals surface area contributed by atoms with E-state index in [0.717, 1.165) is 16.7 Å². The van der Waals surface area contributed by atoms with E-state index in [4.69, 9.17) is 18.9 Å². The minimum atomic E-state index is -0.319. The third kappa shape index (κ3) is 2.65. The second-order valence-electron chi connectivity index (χ2n) is 7.14. The first-order chi connectivity index (χ1) is 15.2. The Morgan fingerprint density at radius 3 is 2.84 bits per heavy atom. The molecule has 8 nitrogen and oxygen atoms in total. The molecular weight excluding hydrogens is 396 g/mol. The lowest BCUT2D eigenvalue weighted by Crippen LogP contribution is -2.14. The number of methoxy groups -OCH3 is 1. The van der Waals surface area contributed by atoms with Crippen LogP contribution < -0.4 is 9.47 Å². The van der Waals surface area contributed by atoms with E-state index in [2.05, 4.69) is 10.1 Å². The zero-order valence-electron chi connectivity index (χ0n) is 16.4. The van der Waals surface area contributed by atoms with E-state index in [1.807, 2.05) is 42.5 Å². The summed E-state index contributed by atoms with van der Waals surface area (Å²) in [5.41, 5.74) is 2.96. The Kier molecular flexibility index (Phi) is 3.73. The maximum atomic E-state index is 9.94. The van der Waals surface area contributed by atoms with Crippen molar-refractivity contribution in [3.8, 4) is 34.5 Å². The van der Waals surface area contributed by atoms with Gasteiger partial charge in [0, 0.05) is 11.6 Å². The molecule has 4 heterocycles. The Balaban J connectivity index is 1.61. The largest absolute Gasteiger partial charge is 0.508 e. The number of phenolic OH excluding ortho intramolecular Hbond substituents is 1. The molecule has 2 aromatic carbocycles. The van der Waals surface area contributed by atoms with Crippen molar-refractivity contribution in [2.75, 3.05) is 7.11 Å². The molecule has 1 N–H and O–H groups in total. The number of rotatable bonds is 3. The van der Waals surface area contributed by atoms with E-state index >= 15 is 0 Å². The van der Waals surface area contributed by atoms with Crippen LogP contribution in [0.2, 0.25) is 0 Å². The number of furan rings is 1. The monoisotopic (exact) mass is 412 g/mol. The van der Waals surface area contributed by atoms with Crippen molar-refractivity contribution in [2.45, 2.75) is 5.92 Å². The number of ether oxygens (including phenoxy) is 2. The first-order valence-electron chi connectivity index (χ1n) is 9.66. The molecule has 1 unspecified atom stereocenters. The highest BCUT2D eigenvalue weighted by Crippen LogP contribution is 2.48. The highest BCUT2D eigenvalue weighted by atomic mass is 16.5. The number of para-hydroxylation sites is 1. The van der Waals surface area contributed by atoms with Crippen LogP contribution in [0.4, 0.5) is 0 Å². The van der Waals surface area contributed by atoms with Gasteiger partial charge in [-0.25, -0.2) is 14.5 Å². The van der Waals surface area contributed by atoms with Gasteiger partial charge in [0.1, 0.15) is 29.3 Å². The molecule has 0 spiro atoms. The number of aromatic nitrogens is 4. The highest BCUT2D eigenvalue weighted by molar-refractivity contribution is 5.70. The first-order valence-corrected chi connectivity index (χ1v) is 9.66. The summed E-state index contributed by atoms with van der Waals surface area (Å²) in [5, 5.41) is 14.6. The molecule has 0 bridgehead atoms. The number of phenols is 1. The average Bonchev–Trinajstić information content (AvgIpc) is 3.47. The third-order valence-corrected chi connectivity index (χ3v) is 5.37. The van der Waals surface area contributed by atoms with Crippen molar-refractivity contribution in [3.63, 3.8) is 0 Å². The van der Waals surface area contributed by atoms with Crippen molar-refractivity contribution in [1.82, 2.24) is 19.6 Å². The van der Waals surface area contributed by atoms with E-state index in [1.54, 1.807) is 36.3 Å². The van der Waals surface area contributed by atoms with Gasteiger partial charge in [-0.05, 0) is 30.3 Å². The van der Waals surface area contributed by atoms with Gasteiger partial charge < -0.3 is 19.0 Å². The van der Waals surface area contributed by atoms with Gasteiger partial charge in [0.25, 0.3) is 0 Å². The second kappa shape index (κ2) is 6.60. The van der Waals surface area contributed by atoms with E-state index in [0.29, 0.717) is 34.6 Å². The van der Waals surface area contributed by atoms with Gasteiger partial charge in [0.15, 0.2) is 11.5 Å². The minimum absolute atomic E-state index is 0.113. The van der Waals surface area contributed by atoms with Crippen LogP contribution in [0.3, 0.4) is 0 Å². The molecule has 3 aromatic heterocycles. The molecule has 6 rings (SSSR count). The molecule has 1 atom stereocenters. The van der Waals surface area contributed by atoms with Crippen LogP contribution >= 0.6 is 0 Å². The van der Waals surface area contributed by atoms with Gasteiger partial charge >= 0.3 is 0 Å². The lowest BCUT2D eigenvalue weighted by atomic mass is 9.87. The Hall–Kier alpha value is -4.33. The predicted octanol–water partition coefficient (Wildman–Crippen LogP) is 4.38. The fourth-order valence-electron chi connectivity index (χ4n) is 4.00. The fraction of sp³-hybridized carbons (Fsp3) is 0.0870. The lowest BCUT2D eigenvalue weighted by Gasteiger charge is -2.26. The summed E-state index contributed by atoms with van der Waals surface area (Å²) in [6.45, 7) is 0. The minimum Gasteiger partial charge on any atom is -0.508 e. The van der Waals surface area contributed by atoms with Gasteiger partial charge in [0.05, 0.1) is 30.4 Å². The van der Waals surface area contributed by atoms with Crippen LogP contribution in [0.25, 0.3) is 17.0 Å². The summed E-state index contributed by atoms with van der Waals surface area (Å²) in [7, 11) is 1.62. The van der Waals surface area contributed by atoms with Crippen molar-refractivity contribution in [2.24, 2.45) is 0 Å². The van der Waals surface area contributed by atoms with Crippen LogP contribution in [0.15, 0.2) is 71.6 Å². The summed E-state index contributed by atoms with van der Waals surface area (Å²) in [6.07, 6.45) is 3.19. The summed E-state index contributed by atoms with van der Waals surface area (Å²) in [6, 6.07) is 16.3. The number of fused-ring (bicyclic) bond motifs is 4. The number of nitrogens with zero attached hydrogens (tertiary/aromatic N) is 4. The Bertz CT molecular complexity index is 1430. The summed E-state index contributed by atoms with van der Waals surface area (Å²) >= 11 is 0. The van der Waals surface area contributed by atoms with Crippen molar-refractivity contribution >= 4 is 5.65 Å². The van der Waals surface area contributed by atoms with Gasteiger partial charge in [0.2, 0.25) is 5.88 Å². The quantitative estimate of drug-likeness (QED) is 0.461. The Morgan fingerprint density at radius 2 is 2.00 bits per heavy atom. The van der Waals surface area contributed by atoms with Crippen LogP contribution in [-0.4, -0.2) is 31.8 Å². The maximum Gasteiger partial charge on any atom is 0.228 e. The summed E-state index contributed by atoms with van der Waals surface area (Å²) in [5.74, 6) is 2.62. The number of hydrogen-bond acceptors (Lipinski definition) is 7.